The molecule has 0 unspecified atom stereocenters. The second kappa shape index (κ2) is 6.23. The second-order valence-electron chi connectivity index (χ2n) is 8.27. The zero-order valence-electron chi connectivity index (χ0n) is 15.2. The summed E-state index contributed by atoms with van der Waals surface area (Å²) in [5.74, 6) is -0.802. The maximum atomic E-state index is 11.9. The van der Waals surface area contributed by atoms with Crippen molar-refractivity contribution in [1.82, 2.24) is 0 Å². The van der Waals surface area contributed by atoms with Crippen LogP contribution in [0.25, 0.3) is 0 Å². The van der Waals surface area contributed by atoms with E-state index in [0.29, 0.717) is 23.1 Å². The topological polar surface area (TPSA) is 74.6 Å². The van der Waals surface area contributed by atoms with Crippen LogP contribution in [0, 0.1) is 11.3 Å². The van der Waals surface area contributed by atoms with Crippen molar-refractivity contribution in [3.63, 3.8) is 0 Å². The molecule has 0 spiro atoms. The van der Waals surface area contributed by atoms with Gasteiger partial charge in [0.25, 0.3) is 0 Å². The summed E-state index contributed by atoms with van der Waals surface area (Å²) in [5.41, 5.74) is 0.398. The molecule has 1 aliphatic rings. The highest BCUT2D eigenvalue weighted by atomic mass is 16.3. The Labute approximate surface area is 143 Å². The van der Waals surface area contributed by atoms with Gasteiger partial charge in [0, 0.05) is 28.0 Å². The lowest BCUT2D eigenvalue weighted by molar-refractivity contribution is -0.119. The molecule has 0 bridgehead atoms. The Morgan fingerprint density at radius 1 is 1.12 bits per heavy atom. The Hall–Kier alpha value is -1.84. The molecule has 4 nitrogen and oxygen atoms in total. The van der Waals surface area contributed by atoms with Crippen molar-refractivity contribution in [2.45, 2.75) is 65.2 Å². The van der Waals surface area contributed by atoms with Crippen LogP contribution in [-0.2, 0) is 10.2 Å². The van der Waals surface area contributed by atoms with Crippen LogP contribution in [0.2, 0.25) is 0 Å². The number of phenols is 2. The summed E-state index contributed by atoms with van der Waals surface area (Å²) < 4.78 is 0. The van der Waals surface area contributed by atoms with Gasteiger partial charge in [-0.3, -0.25) is 4.79 Å². The number of aldehydes is 2. The fourth-order valence-electron chi connectivity index (χ4n) is 4.53. The van der Waals surface area contributed by atoms with Crippen LogP contribution < -0.4 is 0 Å². The number of hydrogen-bond acceptors (Lipinski definition) is 4. The fourth-order valence-corrected chi connectivity index (χ4v) is 4.53. The third-order valence-electron chi connectivity index (χ3n) is 5.84. The van der Waals surface area contributed by atoms with Gasteiger partial charge >= 0.3 is 0 Å². The number of carbonyl (C=O) groups excluding carboxylic acids is 2. The van der Waals surface area contributed by atoms with Gasteiger partial charge in [-0.15, -0.1) is 0 Å². The summed E-state index contributed by atoms with van der Waals surface area (Å²) >= 11 is 0. The van der Waals surface area contributed by atoms with E-state index in [0.717, 1.165) is 25.4 Å². The molecule has 24 heavy (non-hydrogen) atoms. The van der Waals surface area contributed by atoms with Crippen LogP contribution in [0.1, 0.15) is 81.3 Å². The van der Waals surface area contributed by atoms with Gasteiger partial charge in [-0.1, -0.05) is 41.0 Å². The van der Waals surface area contributed by atoms with Crippen LogP contribution >= 0.6 is 0 Å². The maximum Gasteiger partial charge on any atom is 0.162 e. The van der Waals surface area contributed by atoms with Crippen LogP contribution in [-0.4, -0.2) is 22.8 Å². The van der Waals surface area contributed by atoms with Crippen LogP contribution in [0.5, 0.6) is 11.5 Å². The highest BCUT2D eigenvalue weighted by molar-refractivity contribution is 5.82. The Morgan fingerprint density at radius 2 is 1.75 bits per heavy atom. The lowest BCUT2D eigenvalue weighted by Crippen LogP contribution is -2.46. The Balaban J connectivity index is 2.77. The predicted octanol–water partition coefficient (Wildman–Crippen LogP) is 4.32. The molecule has 1 fully saturated rings. The van der Waals surface area contributed by atoms with Crippen molar-refractivity contribution in [2.24, 2.45) is 11.3 Å². The van der Waals surface area contributed by atoms with E-state index in [1.807, 2.05) is 34.6 Å². The van der Waals surface area contributed by atoms with Gasteiger partial charge in [-0.2, -0.15) is 0 Å². The van der Waals surface area contributed by atoms with Crippen LogP contribution in [0.4, 0.5) is 0 Å². The molecule has 1 saturated carbocycles. The minimum atomic E-state index is -0.684. The number of benzene rings is 1. The van der Waals surface area contributed by atoms with Gasteiger partial charge in [-0.05, 0) is 30.2 Å². The fraction of sp³-hybridized carbons (Fsp3) is 0.600. The molecule has 0 amide bonds. The Morgan fingerprint density at radius 3 is 2.25 bits per heavy atom. The SMILES string of the molecule is CC(C)c1cc(C=O)c([C@@]2(C)CCCC(C)(C)[C@@H]2C=O)c(O)c1O. The lowest BCUT2D eigenvalue weighted by atomic mass is 9.54. The molecule has 0 saturated heterocycles. The maximum absolute atomic E-state index is 11.9. The first kappa shape index (κ1) is 18.5. The first-order valence-corrected chi connectivity index (χ1v) is 8.60. The van der Waals surface area contributed by atoms with Crippen molar-refractivity contribution in [3.8, 4) is 11.5 Å². The molecular weight excluding hydrogens is 304 g/mol. The Kier molecular flexibility index (Phi) is 4.80. The summed E-state index contributed by atoms with van der Waals surface area (Å²) in [6.07, 6.45) is 4.17. The molecule has 0 radical (unpaired) electrons. The highest BCUT2D eigenvalue weighted by Gasteiger charge is 2.49. The summed E-state index contributed by atoms with van der Waals surface area (Å²) in [6, 6.07) is 1.65. The molecule has 2 atom stereocenters. The second-order valence-corrected chi connectivity index (χ2v) is 8.27. The molecule has 1 aromatic rings. The van der Waals surface area contributed by atoms with E-state index in [1.165, 1.54) is 0 Å². The highest BCUT2D eigenvalue weighted by Crippen LogP contribution is 2.55. The van der Waals surface area contributed by atoms with Crippen molar-refractivity contribution < 1.29 is 19.8 Å². The predicted molar refractivity (Wildman–Crippen MR) is 93.8 cm³/mol. The zero-order chi connectivity index (χ0) is 18.3. The van der Waals surface area contributed by atoms with Gasteiger partial charge in [0.15, 0.2) is 17.8 Å². The molecule has 1 aromatic carbocycles. The third-order valence-corrected chi connectivity index (χ3v) is 5.84. The van der Waals surface area contributed by atoms with E-state index in [1.54, 1.807) is 6.07 Å². The number of hydrogen-bond donors (Lipinski definition) is 2. The largest absolute Gasteiger partial charge is 0.504 e. The minimum absolute atomic E-state index is 0.0267. The Bertz CT molecular complexity index is 660. The monoisotopic (exact) mass is 332 g/mol. The standard InChI is InChI=1S/C20H28O4/c1-12(2)14-9-13(10-21)16(18(24)17(14)23)20(5)8-6-7-19(3,4)15(20)11-22/h9-12,15,23-24H,6-8H2,1-5H3/t15-,20-/m0/s1. The van der Waals surface area contributed by atoms with Crippen LogP contribution in [0.15, 0.2) is 6.07 Å². The van der Waals surface area contributed by atoms with Gasteiger partial charge < -0.3 is 15.0 Å². The van der Waals surface area contributed by atoms with Gasteiger partial charge in [0.1, 0.15) is 6.29 Å². The molecule has 0 heterocycles. The summed E-state index contributed by atoms with van der Waals surface area (Å²) in [6.45, 7) is 9.79. The zero-order valence-corrected chi connectivity index (χ0v) is 15.2. The molecule has 4 heteroatoms. The molecule has 0 aliphatic heterocycles. The average Bonchev–Trinajstić information content (AvgIpc) is 2.48. The molecule has 132 valence electrons. The summed E-state index contributed by atoms with van der Waals surface area (Å²) in [5, 5.41) is 21.2. The molecule has 2 rings (SSSR count). The average molecular weight is 332 g/mol. The van der Waals surface area contributed by atoms with Gasteiger partial charge in [0.2, 0.25) is 0 Å². The number of rotatable bonds is 4. The molecule has 2 N–H and O–H groups in total. The number of aromatic hydroxyl groups is 2. The third kappa shape index (κ3) is 2.72. The smallest absolute Gasteiger partial charge is 0.162 e. The van der Waals surface area contributed by atoms with Crippen molar-refractivity contribution >= 4 is 12.6 Å². The van der Waals surface area contributed by atoms with E-state index in [9.17, 15) is 19.8 Å². The normalized spacial score (nSPS) is 26.3. The number of carbonyl (C=O) groups is 2. The van der Waals surface area contributed by atoms with E-state index in [4.69, 9.17) is 0 Å². The van der Waals surface area contributed by atoms with Crippen LogP contribution in [0.3, 0.4) is 0 Å². The van der Waals surface area contributed by atoms with Gasteiger partial charge in [0.05, 0.1) is 0 Å². The minimum Gasteiger partial charge on any atom is -0.504 e. The van der Waals surface area contributed by atoms with E-state index < -0.39 is 5.41 Å². The molecule has 1 aliphatic carbocycles. The van der Waals surface area contributed by atoms with Gasteiger partial charge in [-0.25, -0.2) is 0 Å². The first-order chi connectivity index (χ1) is 11.1. The molecule has 0 aromatic heterocycles. The molecular formula is C20H28O4. The van der Waals surface area contributed by atoms with E-state index in [2.05, 4.69) is 0 Å². The van der Waals surface area contributed by atoms with E-state index >= 15 is 0 Å². The number of phenolic OH excluding ortho intramolecular Hbond substituents is 2. The van der Waals surface area contributed by atoms with Crippen molar-refractivity contribution in [2.75, 3.05) is 0 Å². The van der Waals surface area contributed by atoms with Crippen molar-refractivity contribution in [3.05, 3.63) is 22.8 Å². The summed E-state index contributed by atoms with van der Waals surface area (Å²) in [7, 11) is 0. The quantitative estimate of drug-likeness (QED) is 0.636. The van der Waals surface area contributed by atoms with Crippen molar-refractivity contribution in [1.29, 1.82) is 0 Å². The summed E-state index contributed by atoms with van der Waals surface area (Å²) in [4.78, 5) is 23.6. The van der Waals surface area contributed by atoms with E-state index in [-0.39, 0.29) is 28.7 Å². The first-order valence-electron chi connectivity index (χ1n) is 8.60. The lowest BCUT2D eigenvalue weighted by Gasteiger charge is -2.49.